The minimum atomic E-state index is 0.903. The Balaban J connectivity index is 1.13. The van der Waals surface area contributed by atoms with Crippen LogP contribution < -0.4 is 0 Å². The Kier molecular flexibility index (Phi) is 5.28. The van der Waals surface area contributed by atoms with Gasteiger partial charge in [-0.15, -0.1) is 0 Å². The van der Waals surface area contributed by atoms with Gasteiger partial charge in [-0.2, -0.15) is 0 Å². The number of hydrogen-bond donors (Lipinski definition) is 0. The lowest BCUT2D eigenvalue weighted by atomic mass is 9.96. The topological polar surface area (TPSA) is 31.0 Å². The monoisotopic (exact) mass is 586 g/mol. The first-order valence-electron chi connectivity index (χ1n) is 15.6. The highest BCUT2D eigenvalue weighted by Crippen LogP contribution is 2.41. The first kappa shape index (κ1) is 25.2. The van der Waals surface area contributed by atoms with Crippen LogP contribution in [0.3, 0.4) is 0 Å². The van der Waals surface area contributed by atoms with Crippen molar-refractivity contribution in [3.05, 3.63) is 158 Å². The summed E-state index contributed by atoms with van der Waals surface area (Å²) in [5.41, 5.74) is 10.8. The highest BCUT2D eigenvalue weighted by molar-refractivity contribution is 6.24. The number of furan rings is 1. The molecule has 0 N–H and O–H groups in total. The van der Waals surface area contributed by atoms with E-state index in [1.54, 1.807) is 0 Å². The fourth-order valence-electron chi connectivity index (χ4n) is 7.27. The fraction of sp³-hybridized carbons (Fsp3) is 0. The molecule has 0 aliphatic heterocycles. The Morgan fingerprint density at radius 3 is 1.96 bits per heavy atom. The van der Waals surface area contributed by atoms with Gasteiger partial charge in [-0.05, 0) is 59.7 Å². The number of pyridine rings is 1. The summed E-state index contributed by atoms with van der Waals surface area (Å²) in [6, 6.07) is 55.9. The van der Waals surface area contributed by atoms with Gasteiger partial charge in [0.15, 0.2) is 0 Å². The molecule has 7 aromatic carbocycles. The van der Waals surface area contributed by atoms with Crippen LogP contribution in [0.5, 0.6) is 0 Å². The predicted octanol–water partition coefficient (Wildman–Crippen LogP) is 11.7. The van der Waals surface area contributed by atoms with E-state index in [9.17, 15) is 0 Å². The second kappa shape index (κ2) is 9.65. The molecule has 0 bridgehead atoms. The summed E-state index contributed by atoms with van der Waals surface area (Å²) in [6.45, 7) is 0. The third kappa shape index (κ3) is 3.63. The van der Waals surface area contributed by atoms with Crippen molar-refractivity contribution in [2.45, 2.75) is 0 Å². The zero-order chi connectivity index (χ0) is 30.2. The van der Waals surface area contributed by atoms with Crippen LogP contribution in [0.25, 0.3) is 93.5 Å². The summed E-state index contributed by atoms with van der Waals surface area (Å²) in [4.78, 5) is 5.20. The fourth-order valence-corrected chi connectivity index (χ4v) is 7.27. The maximum absolute atomic E-state index is 6.51. The number of aromatic nitrogens is 2. The summed E-state index contributed by atoms with van der Waals surface area (Å²) in [5.74, 6) is 0. The second-order valence-electron chi connectivity index (χ2n) is 11.9. The molecular formula is C43H26N2O. The van der Waals surface area contributed by atoms with E-state index < -0.39 is 0 Å². The van der Waals surface area contributed by atoms with Gasteiger partial charge in [0.05, 0.1) is 22.2 Å². The highest BCUT2D eigenvalue weighted by Gasteiger charge is 2.18. The minimum Gasteiger partial charge on any atom is -0.455 e. The Bertz CT molecular complexity index is 2790. The lowest BCUT2D eigenvalue weighted by Gasteiger charge is -2.11. The molecule has 0 saturated carbocycles. The Morgan fingerprint density at radius 2 is 1.09 bits per heavy atom. The molecule has 0 aliphatic rings. The molecule has 10 rings (SSSR count). The molecule has 0 saturated heterocycles. The molecule has 3 heteroatoms. The molecule has 0 amide bonds. The second-order valence-corrected chi connectivity index (χ2v) is 11.9. The van der Waals surface area contributed by atoms with E-state index in [1.807, 2.05) is 12.1 Å². The first-order valence-corrected chi connectivity index (χ1v) is 15.6. The maximum Gasteiger partial charge on any atom is 0.144 e. The van der Waals surface area contributed by atoms with Crippen molar-refractivity contribution in [3.8, 4) is 28.1 Å². The number of benzene rings is 7. The van der Waals surface area contributed by atoms with Gasteiger partial charge in [0.2, 0.25) is 0 Å². The minimum absolute atomic E-state index is 0.903. The van der Waals surface area contributed by atoms with Crippen LogP contribution in [-0.4, -0.2) is 9.55 Å². The van der Waals surface area contributed by atoms with Crippen LogP contribution in [0.4, 0.5) is 0 Å². The van der Waals surface area contributed by atoms with Crippen LogP contribution in [0, 0.1) is 0 Å². The van der Waals surface area contributed by atoms with Gasteiger partial charge in [0.1, 0.15) is 11.2 Å². The number of hydrogen-bond acceptors (Lipinski definition) is 2. The van der Waals surface area contributed by atoms with Gasteiger partial charge in [-0.25, -0.2) is 4.98 Å². The zero-order valence-corrected chi connectivity index (χ0v) is 24.8. The van der Waals surface area contributed by atoms with Gasteiger partial charge >= 0.3 is 0 Å². The van der Waals surface area contributed by atoms with Crippen molar-refractivity contribution in [2.24, 2.45) is 0 Å². The Labute approximate surface area is 264 Å². The normalized spacial score (nSPS) is 11.9. The van der Waals surface area contributed by atoms with Crippen LogP contribution in [0.15, 0.2) is 162 Å². The average Bonchev–Trinajstić information content (AvgIpc) is 3.67. The largest absolute Gasteiger partial charge is 0.455 e. The van der Waals surface area contributed by atoms with Crippen LogP contribution >= 0.6 is 0 Å². The quantitative estimate of drug-likeness (QED) is 0.193. The molecule has 0 spiro atoms. The molecule has 0 aliphatic carbocycles. The molecule has 10 aromatic rings. The van der Waals surface area contributed by atoms with E-state index in [4.69, 9.17) is 9.40 Å². The smallest absolute Gasteiger partial charge is 0.144 e. The molecule has 0 atom stereocenters. The van der Waals surface area contributed by atoms with Gasteiger partial charge in [0, 0.05) is 49.0 Å². The number of para-hydroxylation sites is 4. The highest BCUT2D eigenvalue weighted by atomic mass is 16.3. The van der Waals surface area contributed by atoms with Gasteiger partial charge < -0.3 is 8.98 Å². The lowest BCUT2D eigenvalue weighted by Crippen LogP contribution is -1.92. The van der Waals surface area contributed by atoms with Crippen LogP contribution in [0.2, 0.25) is 0 Å². The SMILES string of the molecule is c1ccc(-n2c3ccccc3c3cc(-c4ccc(-c5nc6ccccc6c6c5ccc5c7ccccc7oc56)cc4)ccc32)cc1. The molecule has 0 fully saturated rings. The summed E-state index contributed by atoms with van der Waals surface area (Å²) >= 11 is 0. The molecule has 0 unspecified atom stereocenters. The molecule has 3 nitrogen and oxygen atoms in total. The Hall–Kier alpha value is -6.19. The molecule has 46 heavy (non-hydrogen) atoms. The van der Waals surface area contributed by atoms with E-state index in [0.29, 0.717) is 0 Å². The summed E-state index contributed by atoms with van der Waals surface area (Å²) < 4.78 is 8.86. The van der Waals surface area contributed by atoms with E-state index in [-0.39, 0.29) is 0 Å². The molecular weight excluding hydrogens is 560 g/mol. The molecule has 0 radical (unpaired) electrons. The van der Waals surface area contributed by atoms with E-state index >= 15 is 0 Å². The van der Waals surface area contributed by atoms with Crippen molar-refractivity contribution in [1.82, 2.24) is 9.55 Å². The number of fused-ring (bicyclic) bond motifs is 10. The first-order chi connectivity index (χ1) is 22.8. The van der Waals surface area contributed by atoms with E-state index in [1.165, 1.54) is 38.6 Å². The van der Waals surface area contributed by atoms with Gasteiger partial charge in [0.25, 0.3) is 0 Å². The van der Waals surface area contributed by atoms with Crippen molar-refractivity contribution in [2.75, 3.05) is 0 Å². The standard InChI is InChI=1S/C43H26N2O/c1-2-10-30(11-3-1)45-38-16-8-5-12-31(38)36-26-29(22-25-39(36)45)27-18-20-28(21-19-27)42-35-24-23-33-32-13-6-9-17-40(32)46-43(33)41(35)34-14-4-7-15-37(34)44-42/h1-26H. The van der Waals surface area contributed by atoms with Crippen LogP contribution in [0.1, 0.15) is 0 Å². The Morgan fingerprint density at radius 1 is 0.435 bits per heavy atom. The molecule has 3 aromatic heterocycles. The van der Waals surface area contributed by atoms with Crippen molar-refractivity contribution >= 4 is 65.4 Å². The third-order valence-electron chi connectivity index (χ3n) is 9.39. The molecule has 3 heterocycles. The molecule has 214 valence electrons. The van der Waals surface area contributed by atoms with E-state index in [2.05, 4.69) is 150 Å². The number of rotatable bonds is 3. The summed E-state index contributed by atoms with van der Waals surface area (Å²) in [6.07, 6.45) is 0. The lowest BCUT2D eigenvalue weighted by molar-refractivity contribution is 0.673. The maximum atomic E-state index is 6.51. The van der Waals surface area contributed by atoms with Gasteiger partial charge in [-0.1, -0.05) is 109 Å². The van der Waals surface area contributed by atoms with Crippen LogP contribution in [-0.2, 0) is 0 Å². The average molecular weight is 587 g/mol. The van der Waals surface area contributed by atoms with E-state index in [0.717, 1.165) is 54.9 Å². The summed E-state index contributed by atoms with van der Waals surface area (Å²) in [5, 5.41) is 8.07. The number of nitrogens with zero attached hydrogens (tertiary/aromatic N) is 2. The van der Waals surface area contributed by atoms with Gasteiger partial charge in [-0.3, -0.25) is 0 Å². The van der Waals surface area contributed by atoms with Crippen molar-refractivity contribution in [3.63, 3.8) is 0 Å². The van der Waals surface area contributed by atoms with Crippen molar-refractivity contribution in [1.29, 1.82) is 0 Å². The third-order valence-corrected chi connectivity index (χ3v) is 9.39. The zero-order valence-electron chi connectivity index (χ0n) is 24.8. The predicted molar refractivity (Wildman–Crippen MR) is 192 cm³/mol. The summed E-state index contributed by atoms with van der Waals surface area (Å²) in [7, 11) is 0. The van der Waals surface area contributed by atoms with Crippen molar-refractivity contribution < 1.29 is 4.42 Å².